The molecule has 1 aromatic rings. The van der Waals surface area contributed by atoms with Gasteiger partial charge in [0, 0.05) is 35.1 Å². The number of hydrogen-bond donors (Lipinski definition) is 0. The van der Waals surface area contributed by atoms with Gasteiger partial charge in [0.15, 0.2) is 0 Å². The lowest BCUT2D eigenvalue weighted by atomic mass is 10.1. The van der Waals surface area contributed by atoms with Crippen molar-refractivity contribution in [1.82, 2.24) is 14.9 Å². The Labute approximate surface area is 110 Å². The third-order valence-electron chi connectivity index (χ3n) is 3.02. The van der Waals surface area contributed by atoms with Crippen LogP contribution in [0.2, 0.25) is 0 Å². The van der Waals surface area contributed by atoms with Crippen LogP contribution in [-0.4, -0.2) is 48.1 Å². The SMILES string of the molecule is CN(C)C1CCCN(c2ncc(I)cn2)C1. The van der Waals surface area contributed by atoms with Gasteiger partial charge >= 0.3 is 0 Å². The van der Waals surface area contributed by atoms with E-state index < -0.39 is 0 Å². The van der Waals surface area contributed by atoms with Crippen LogP contribution in [0.1, 0.15) is 12.8 Å². The largest absolute Gasteiger partial charge is 0.339 e. The van der Waals surface area contributed by atoms with Gasteiger partial charge in [-0.15, -0.1) is 0 Å². The van der Waals surface area contributed by atoms with E-state index in [2.05, 4.69) is 56.5 Å². The van der Waals surface area contributed by atoms with Crippen molar-refractivity contribution in [2.45, 2.75) is 18.9 Å². The third kappa shape index (κ3) is 2.82. The molecule has 88 valence electrons. The molecule has 1 saturated heterocycles. The van der Waals surface area contributed by atoms with Crippen LogP contribution >= 0.6 is 22.6 Å². The summed E-state index contributed by atoms with van der Waals surface area (Å²) >= 11 is 2.23. The van der Waals surface area contributed by atoms with Crippen LogP contribution in [0.5, 0.6) is 0 Å². The quantitative estimate of drug-likeness (QED) is 0.771. The molecule has 0 bridgehead atoms. The van der Waals surface area contributed by atoms with E-state index in [0.29, 0.717) is 6.04 Å². The van der Waals surface area contributed by atoms with Crippen molar-refractivity contribution >= 4 is 28.5 Å². The summed E-state index contributed by atoms with van der Waals surface area (Å²) in [4.78, 5) is 13.3. The molecule has 0 amide bonds. The molecule has 1 aliphatic rings. The molecule has 0 aliphatic carbocycles. The predicted molar refractivity (Wildman–Crippen MR) is 73.7 cm³/mol. The Hall–Kier alpha value is -0.430. The second-order valence-electron chi connectivity index (χ2n) is 4.41. The Kier molecular flexibility index (Phi) is 3.96. The number of rotatable bonds is 2. The van der Waals surface area contributed by atoms with Gasteiger partial charge in [-0.05, 0) is 49.5 Å². The van der Waals surface area contributed by atoms with E-state index in [1.54, 1.807) is 0 Å². The highest BCUT2D eigenvalue weighted by atomic mass is 127. The first-order valence-electron chi connectivity index (χ1n) is 5.56. The number of aromatic nitrogens is 2. The summed E-state index contributed by atoms with van der Waals surface area (Å²) in [6.45, 7) is 2.11. The lowest BCUT2D eigenvalue weighted by Crippen LogP contribution is -2.45. The highest BCUT2D eigenvalue weighted by molar-refractivity contribution is 14.1. The average Bonchev–Trinajstić information content (AvgIpc) is 2.30. The number of nitrogens with zero attached hydrogens (tertiary/aromatic N) is 4. The molecule has 0 saturated carbocycles. The van der Waals surface area contributed by atoms with Gasteiger partial charge in [0.1, 0.15) is 0 Å². The molecular formula is C11H17IN4. The molecule has 0 N–H and O–H groups in total. The second kappa shape index (κ2) is 5.27. The lowest BCUT2D eigenvalue weighted by Gasteiger charge is -2.36. The summed E-state index contributed by atoms with van der Waals surface area (Å²) in [6, 6.07) is 0.622. The zero-order valence-corrected chi connectivity index (χ0v) is 11.9. The van der Waals surface area contributed by atoms with Crippen LogP contribution in [0, 0.1) is 3.57 Å². The third-order valence-corrected chi connectivity index (χ3v) is 3.57. The Bertz CT molecular complexity index is 338. The summed E-state index contributed by atoms with van der Waals surface area (Å²) in [5.74, 6) is 0.868. The summed E-state index contributed by atoms with van der Waals surface area (Å²) in [6.07, 6.45) is 6.25. The number of hydrogen-bond acceptors (Lipinski definition) is 4. The van der Waals surface area contributed by atoms with Crippen molar-refractivity contribution in [1.29, 1.82) is 0 Å². The molecule has 2 heterocycles. The van der Waals surface area contributed by atoms with Crippen LogP contribution in [0.15, 0.2) is 12.4 Å². The van der Waals surface area contributed by atoms with Gasteiger partial charge in [0.25, 0.3) is 0 Å². The lowest BCUT2D eigenvalue weighted by molar-refractivity contribution is 0.257. The molecule has 2 rings (SSSR count). The summed E-state index contributed by atoms with van der Waals surface area (Å²) in [5.41, 5.74) is 0. The Morgan fingerprint density at radius 3 is 2.69 bits per heavy atom. The van der Waals surface area contributed by atoms with Gasteiger partial charge in [-0.3, -0.25) is 0 Å². The molecule has 1 unspecified atom stereocenters. The smallest absolute Gasteiger partial charge is 0.225 e. The number of halogens is 1. The standard InChI is InChI=1S/C11H17IN4/c1-15(2)10-4-3-5-16(8-10)11-13-6-9(12)7-14-11/h6-7,10H,3-5,8H2,1-2H3. The maximum absolute atomic E-state index is 4.38. The molecule has 5 heteroatoms. The van der Waals surface area contributed by atoms with Crippen molar-refractivity contribution in [2.75, 3.05) is 32.1 Å². The normalized spacial score (nSPS) is 21.5. The van der Waals surface area contributed by atoms with Crippen molar-refractivity contribution < 1.29 is 0 Å². The van der Waals surface area contributed by atoms with E-state index in [0.717, 1.165) is 22.6 Å². The van der Waals surface area contributed by atoms with Gasteiger partial charge in [0.05, 0.1) is 0 Å². The fourth-order valence-electron chi connectivity index (χ4n) is 2.03. The highest BCUT2D eigenvalue weighted by Gasteiger charge is 2.22. The van der Waals surface area contributed by atoms with E-state index in [9.17, 15) is 0 Å². The van der Waals surface area contributed by atoms with Gasteiger partial charge < -0.3 is 9.80 Å². The van der Waals surface area contributed by atoms with Gasteiger partial charge in [0.2, 0.25) is 5.95 Å². The highest BCUT2D eigenvalue weighted by Crippen LogP contribution is 2.18. The van der Waals surface area contributed by atoms with E-state index in [1.807, 2.05) is 12.4 Å². The van der Waals surface area contributed by atoms with Gasteiger partial charge in [-0.2, -0.15) is 0 Å². The number of piperidine rings is 1. The minimum absolute atomic E-state index is 0.622. The van der Waals surface area contributed by atoms with E-state index >= 15 is 0 Å². The molecule has 1 aromatic heterocycles. The molecule has 16 heavy (non-hydrogen) atoms. The van der Waals surface area contributed by atoms with Crippen molar-refractivity contribution in [3.05, 3.63) is 16.0 Å². The van der Waals surface area contributed by atoms with E-state index in [-0.39, 0.29) is 0 Å². The molecule has 1 atom stereocenters. The van der Waals surface area contributed by atoms with Crippen molar-refractivity contribution in [2.24, 2.45) is 0 Å². The van der Waals surface area contributed by atoms with Crippen LogP contribution in [0.4, 0.5) is 5.95 Å². The maximum Gasteiger partial charge on any atom is 0.225 e. The molecule has 1 fully saturated rings. The van der Waals surface area contributed by atoms with E-state index in [4.69, 9.17) is 0 Å². The summed E-state index contributed by atoms with van der Waals surface area (Å²) < 4.78 is 1.09. The van der Waals surface area contributed by atoms with Gasteiger partial charge in [-0.1, -0.05) is 0 Å². The average molecular weight is 332 g/mol. The molecule has 0 spiro atoms. The van der Waals surface area contributed by atoms with Crippen LogP contribution < -0.4 is 4.90 Å². The molecule has 0 radical (unpaired) electrons. The molecule has 1 aliphatic heterocycles. The molecule has 0 aromatic carbocycles. The first-order valence-corrected chi connectivity index (χ1v) is 6.63. The fourth-order valence-corrected chi connectivity index (χ4v) is 2.31. The Balaban J connectivity index is 2.06. The zero-order chi connectivity index (χ0) is 11.5. The number of anilines is 1. The zero-order valence-electron chi connectivity index (χ0n) is 9.73. The fraction of sp³-hybridized carbons (Fsp3) is 0.636. The van der Waals surface area contributed by atoms with Crippen molar-refractivity contribution in [3.63, 3.8) is 0 Å². The molecular weight excluding hydrogens is 315 g/mol. The summed E-state index contributed by atoms with van der Waals surface area (Å²) in [5, 5.41) is 0. The Morgan fingerprint density at radius 2 is 2.06 bits per heavy atom. The van der Waals surface area contributed by atoms with Crippen LogP contribution in [-0.2, 0) is 0 Å². The monoisotopic (exact) mass is 332 g/mol. The minimum Gasteiger partial charge on any atom is -0.339 e. The van der Waals surface area contributed by atoms with Crippen LogP contribution in [0.3, 0.4) is 0 Å². The first-order chi connectivity index (χ1) is 7.66. The van der Waals surface area contributed by atoms with Crippen molar-refractivity contribution in [3.8, 4) is 0 Å². The van der Waals surface area contributed by atoms with Gasteiger partial charge in [-0.25, -0.2) is 9.97 Å². The Morgan fingerprint density at radius 1 is 1.38 bits per heavy atom. The number of likely N-dealkylation sites (N-methyl/N-ethyl adjacent to an activating group) is 1. The second-order valence-corrected chi connectivity index (χ2v) is 5.65. The van der Waals surface area contributed by atoms with Crippen LogP contribution in [0.25, 0.3) is 0 Å². The molecule has 4 nitrogen and oxygen atoms in total. The minimum atomic E-state index is 0.622. The topological polar surface area (TPSA) is 32.3 Å². The summed E-state index contributed by atoms with van der Waals surface area (Å²) in [7, 11) is 4.28. The first kappa shape index (κ1) is 12.0. The maximum atomic E-state index is 4.38. The predicted octanol–water partition coefficient (Wildman–Crippen LogP) is 1.61. The van der Waals surface area contributed by atoms with E-state index in [1.165, 1.54) is 12.8 Å².